The molecule has 0 aromatic carbocycles. The Kier molecular flexibility index (Phi) is 4.26. The number of nitrogens with two attached hydrogens (primary N) is 1. The number of hydrogen-bond acceptors (Lipinski definition) is 2. The van der Waals surface area contributed by atoms with E-state index >= 15 is 0 Å². The maximum atomic E-state index is 5.81. The molecule has 0 radical (unpaired) electrons. The van der Waals surface area contributed by atoms with E-state index in [1.165, 1.54) is 44.9 Å². The van der Waals surface area contributed by atoms with Crippen molar-refractivity contribution in [2.75, 3.05) is 0 Å². The summed E-state index contributed by atoms with van der Waals surface area (Å²) in [6, 6.07) is 0.595. The van der Waals surface area contributed by atoms with Gasteiger partial charge in [0.1, 0.15) is 0 Å². The molecule has 2 nitrogen and oxygen atoms in total. The third kappa shape index (κ3) is 2.60. The maximum Gasteiger partial charge on any atom is 0.0267 e. The van der Waals surface area contributed by atoms with E-state index in [4.69, 9.17) is 5.84 Å². The smallest absolute Gasteiger partial charge is 0.0267 e. The van der Waals surface area contributed by atoms with E-state index in [0.717, 1.165) is 23.7 Å². The normalized spacial score (nSPS) is 38.8. The van der Waals surface area contributed by atoms with Gasteiger partial charge in [-0.15, -0.1) is 0 Å². The molecule has 2 fully saturated rings. The standard InChI is InChI=1S/C14H28N2/c1-10-7-8-13(9-11(10)2)14(16-15)12-5-3-4-6-12/h10-14,16H,3-9,15H2,1-2H3. The minimum Gasteiger partial charge on any atom is -0.271 e. The lowest BCUT2D eigenvalue weighted by molar-refractivity contribution is 0.142. The molecule has 2 heteroatoms. The number of nitrogens with one attached hydrogen (secondary N) is 1. The first-order valence-corrected chi connectivity index (χ1v) is 7.18. The molecule has 0 heterocycles. The van der Waals surface area contributed by atoms with E-state index in [9.17, 15) is 0 Å². The molecule has 2 rings (SSSR count). The van der Waals surface area contributed by atoms with E-state index in [2.05, 4.69) is 19.3 Å². The molecule has 0 spiro atoms. The van der Waals surface area contributed by atoms with E-state index in [1.54, 1.807) is 0 Å². The van der Waals surface area contributed by atoms with Crippen LogP contribution in [-0.2, 0) is 0 Å². The first kappa shape index (κ1) is 12.4. The van der Waals surface area contributed by atoms with Gasteiger partial charge in [0.2, 0.25) is 0 Å². The summed E-state index contributed by atoms with van der Waals surface area (Å²) in [6.07, 6.45) is 9.80. The molecule has 0 bridgehead atoms. The molecule has 16 heavy (non-hydrogen) atoms. The molecule has 0 amide bonds. The van der Waals surface area contributed by atoms with Crippen LogP contribution in [0.25, 0.3) is 0 Å². The molecule has 2 saturated carbocycles. The fourth-order valence-electron chi connectivity index (χ4n) is 3.89. The van der Waals surface area contributed by atoms with Crippen molar-refractivity contribution in [3.63, 3.8) is 0 Å². The van der Waals surface area contributed by atoms with E-state index in [0.29, 0.717) is 6.04 Å². The van der Waals surface area contributed by atoms with Gasteiger partial charge in [-0.25, -0.2) is 0 Å². The Morgan fingerprint density at radius 2 is 1.62 bits per heavy atom. The second-order valence-corrected chi connectivity index (χ2v) is 6.26. The highest BCUT2D eigenvalue weighted by Gasteiger charge is 2.34. The van der Waals surface area contributed by atoms with Crippen molar-refractivity contribution in [2.45, 2.75) is 64.8 Å². The van der Waals surface area contributed by atoms with Crippen molar-refractivity contribution in [1.29, 1.82) is 0 Å². The summed E-state index contributed by atoms with van der Waals surface area (Å²) < 4.78 is 0. The number of hydrogen-bond donors (Lipinski definition) is 2. The Labute approximate surface area is 100 Å². The van der Waals surface area contributed by atoms with Crippen LogP contribution < -0.4 is 11.3 Å². The summed E-state index contributed by atoms with van der Waals surface area (Å²) in [5.41, 5.74) is 3.15. The Hall–Kier alpha value is -0.0800. The van der Waals surface area contributed by atoms with Crippen LogP contribution >= 0.6 is 0 Å². The van der Waals surface area contributed by atoms with Gasteiger partial charge >= 0.3 is 0 Å². The van der Waals surface area contributed by atoms with Gasteiger partial charge in [-0.1, -0.05) is 33.1 Å². The lowest BCUT2D eigenvalue weighted by Gasteiger charge is -2.38. The van der Waals surface area contributed by atoms with Crippen LogP contribution in [0.2, 0.25) is 0 Å². The third-order valence-electron chi connectivity index (χ3n) is 5.25. The topological polar surface area (TPSA) is 38.0 Å². The lowest BCUT2D eigenvalue weighted by Crippen LogP contribution is -2.47. The van der Waals surface area contributed by atoms with Crippen LogP contribution in [0.15, 0.2) is 0 Å². The fourth-order valence-corrected chi connectivity index (χ4v) is 3.89. The molecule has 3 N–H and O–H groups in total. The predicted molar refractivity (Wildman–Crippen MR) is 68.7 cm³/mol. The Morgan fingerprint density at radius 1 is 0.938 bits per heavy atom. The van der Waals surface area contributed by atoms with Crippen LogP contribution in [0.3, 0.4) is 0 Å². The monoisotopic (exact) mass is 224 g/mol. The van der Waals surface area contributed by atoms with Crippen LogP contribution in [-0.4, -0.2) is 6.04 Å². The SMILES string of the molecule is CC1CCC(C(NN)C2CCCC2)CC1C. The second-order valence-electron chi connectivity index (χ2n) is 6.26. The maximum absolute atomic E-state index is 5.81. The number of rotatable bonds is 3. The summed E-state index contributed by atoms with van der Waals surface area (Å²) in [4.78, 5) is 0. The summed E-state index contributed by atoms with van der Waals surface area (Å²) in [5, 5.41) is 0. The highest BCUT2D eigenvalue weighted by Crippen LogP contribution is 2.39. The highest BCUT2D eigenvalue weighted by atomic mass is 15.2. The zero-order valence-electron chi connectivity index (χ0n) is 10.9. The van der Waals surface area contributed by atoms with Gasteiger partial charge in [0, 0.05) is 6.04 Å². The van der Waals surface area contributed by atoms with E-state index < -0.39 is 0 Å². The Morgan fingerprint density at radius 3 is 2.19 bits per heavy atom. The molecular weight excluding hydrogens is 196 g/mol. The zero-order valence-corrected chi connectivity index (χ0v) is 10.9. The third-order valence-corrected chi connectivity index (χ3v) is 5.25. The minimum atomic E-state index is 0.595. The van der Waals surface area contributed by atoms with Gasteiger partial charge in [0.05, 0.1) is 0 Å². The predicted octanol–water partition coefficient (Wildman–Crippen LogP) is 3.08. The first-order chi connectivity index (χ1) is 7.72. The Balaban J connectivity index is 1.93. The van der Waals surface area contributed by atoms with Crippen molar-refractivity contribution in [1.82, 2.24) is 5.43 Å². The van der Waals surface area contributed by atoms with Crippen molar-refractivity contribution < 1.29 is 0 Å². The minimum absolute atomic E-state index is 0.595. The second kappa shape index (κ2) is 5.50. The van der Waals surface area contributed by atoms with Crippen molar-refractivity contribution in [3.8, 4) is 0 Å². The fraction of sp³-hybridized carbons (Fsp3) is 1.00. The molecule has 0 aromatic rings. The molecule has 0 saturated heterocycles. The van der Waals surface area contributed by atoms with E-state index in [-0.39, 0.29) is 0 Å². The van der Waals surface area contributed by atoms with Gasteiger partial charge < -0.3 is 0 Å². The van der Waals surface area contributed by atoms with E-state index in [1.807, 2.05) is 0 Å². The molecule has 4 atom stereocenters. The quantitative estimate of drug-likeness (QED) is 0.571. The molecule has 94 valence electrons. The van der Waals surface area contributed by atoms with Gasteiger partial charge in [0.25, 0.3) is 0 Å². The molecule has 2 aliphatic carbocycles. The van der Waals surface area contributed by atoms with Crippen LogP contribution in [0, 0.1) is 23.7 Å². The summed E-state index contributed by atoms with van der Waals surface area (Å²) in [6.45, 7) is 4.82. The van der Waals surface area contributed by atoms with Crippen LogP contribution in [0.4, 0.5) is 0 Å². The van der Waals surface area contributed by atoms with Crippen LogP contribution in [0.5, 0.6) is 0 Å². The molecule has 0 aliphatic heterocycles. The highest BCUT2D eigenvalue weighted by molar-refractivity contribution is 4.88. The van der Waals surface area contributed by atoms with Gasteiger partial charge in [-0.2, -0.15) is 0 Å². The molecule has 4 unspecified atom stereocenters. The zero-order chi connectivity index (χ0) is 11.5. The van der Waals surface area contributed by atoms with Gasteiger partial charge in [-0.05, 0) is 49.4 Å². The molecule has 2 aliphatic rings. The average Bonchev–Trinajstić information content (AvgIpc) is 2.78. The van der Waals surface area contributed by atoms with Gasteiger partial charge in [-0.3, -0.25) is 11.3 Å². The molecular formula is C14H28N2. The summed E-state index contributed by atoms with van der Waals surface area (Å²) in [5.74, 6) is 9.30. The summed E-state index contributed by atoms with van der Waals surface area (Å²) in [7, 11) is 0. The summed E-state index contributed by atoms with van der Waals surface area (Å²) >= 11 is 0. The average molecular weight is 224 g/mol. The largest absolute Gasteiger partial charge is 0.271 e. The van der Waals surface area contributed by atoms with Crippen molar-refractivity contribution >= 4 is 0 Å². The van der Waals surface area contributed by atoms with Gasteiger partial charge in [0.15, 0.2) is 0 Å². The molecule has 0 aromatic heterocycles. The lowest BCUT2D eigenvalue weighted by atomic mass is 9.71. The number of hydrazine groups is 1. The van der Waals surface area contributed by atoms with Crippen LogP contribution in [0.1, 0.15) is 58.8 Å². The Bertz CT molecular complexity index is 211. The van der Waals surface area contributed by atoms with Crippen molar-refractivity contribution in [3.05, 3.63) is 0 Å². The first-order valence-electron chi connectivity index (χ1n) is 7.18. The van der Waals surface area contributed by atoms with Crippen molar-refractivity contribution in [2.24, 2.45) is 29.5 Å².